The number of anilines is 2. The van der Waals surface area contributed by atoms with Crippen LogP contribution in [0.15, 0.2) is 48.5 Å². The van der Waals surface area contributed by atoms with Gasteiger partial charge in [-0.2, -0.15) is 0 Å². The molecule has 152 valence electrons. The number of rotatable bonds is 8. The molecule has 1 unspecified atom stereocenters. The van der Waals surface area contributed by atoms with Crippen LogP contribution in [0.3, 0.4) is 0 Å². The van der Waals surface area contributed by atoms with Crippen molar-refractivity contribution in [2.75, 3.05) is 23.0 Å². The highest BCUT2D eigenvalue weighted by Crippen LogP contribution is 2.26. The summed E-state index contributed by atoms with van der Waals surface area (Å²) >= 11 is 0. The fraction of sp³-hybridized carbons (Fsp3) is 0.381. The van der Waals surface area contributed by atoms with Crippen LogP contribution in [0.1, 0.15) is 38.7 Å². The first kappa shape index (κ1) is 21.8. The molecule has 0 radical (unpaired) electrons. The molecule has 1 atom stereocenters. The zero-order valence-electron chi connectivity index (χ0n) is 17.0. The summed E-state index contributed by atoms with van der Waals surface area (Å²) in [5, 5.41) is 2.83. The maximum atomic E-state index is 12.9. The summed E-state index contributed by atoms with van der Waals surface area (Å²) < 4.78 is 31.2. The van der Waals surface area contributed by atoms with Crippen LogP contribution in [0.5, 0.6) is 5.75 Å². The van der Waals surface area contributed by atoms with Gasteiger partial charge in [0.2, 0.25) is 15.9 Å². The van der Waals surface area contributed by atoms with Gasteiger partial charge < -0.3 is 10.1 Å². The zero-order valence-corrected chi connectivity index (χ0v) is 17.8. The van der Waals surface area contributed by atoms with Gasteiger partial charge in [-0.1, -0.05) is 32.9 Å². The van der Waals surface area contributed by atoms with Gasteiger partial charge in [-0.25, -0.2) is 8.42 Å². The van der Waals surface area contributed by atoms with Crippen LogP contribution >= 0.6 is 0 Å². The third kappa shape index (κ3) is 5.25. The molecular formula is C21H28N2O4S. The largest absolute Gasteiger partial charge is 0.497 e. The second-order valence-electron chi connectivity index (χ2n) is 6.95. The number of hydrogen-bond donors (Lipinski definition) is 1. The molecule has 0 saturated carbocycles. The lowest BCUT2D eigenvalue weighted by atomic mass is 10.0. The lowest BCUT2D eigenvalue weighted by molar-refractivity contribution is -0.117. The molecule has 1 N–H and O–H groups in total. The molecular weight excluding hydrogens is 376 g/mol. The van der Waals surface area contributed by atoms with Crippen LogP contribution in [-0.2, 0) is 14.8 Å². The molecule has 0 aromatic heterocycles. The quantitative estimate of drug-likeness (QED) is 0.721. The summed E-state index contributed by atoms with van der Waals surface area (Å²) in [6, 6.07) is 13.3. The van der Waals surface area contributed by atoms with Gasteiger partial charge in [0.1, 0.15) is 11.8 Å². The molecule has 0 spiro atoms. The standard InChI is InChI=1S/C21H28N2O4S/c1-6-20(21(24)22-17-9-7-16(8-10-17)15(2)3)23(28(5,25)26)18-11-13-19(27-4)14-12-18/h7-15,20H,6H2,1-5H3,(H,22,24). The summed E-state index contributed by atoms with van der Waals surface area (Å²) in [4.78, 5) is 12.9. The van der Waals surface area contributed by atoms with E-state index >= 15 is 0 Å². The minimum atomic E-state index is -3.67. The van der Waals surface area contributed by atoms with E-state index in [4.69, 9.17) is 4.74 Å². The van der Waals surface area contributed by atoms with Gasteiger partial charge >= 0.3 is 0 Å². The van der Waals surface area contributed by atoms with Gasteiger partial charge in [0.25, 0.3) is 0 Å². The van der Waals surface area contributed by atoms with Crippen molar-refractivity contribution in [1.82, 2.24) is 0 Å². The number of methoxy groups -OCH3 is 1. The van der Waals surface area contributed by atoms with E-state index in [2.05, 4.69) is 19.2 Å². The Morgan fingerprint density at radius 2 is 1.64 bits per heavy atom. The topological polar surface area (TPSA) is 75.7 Å². The molecule has 0 fully saturated rings. The molecule has 0 aliphatic rings. The molecule has 2 aromatic rings. The first-order valence-corrected chi connectivity index (χ1v) is 11.1. The SMILES string of the molecule is CCC(C(=O)Nc1ccc(C(C)C)cc1)N(c1ccc(OC)cc1)S(C)(=O)=O. The van der Waals surface area contributed by atoms with E-state index in [9.17, 15) is 13.2 Å². The Kier molecular flexibility index (Phi) is 7.07. The molecule has 0 bridgehead atoms. The van der Waals surface area contributed by atoms with Crippen molar-refractivity contribution in [2.45, 2.75) is 39.2 Å². The Balaban J connectivity index is 2.30. The molecule has 0 aliphatic heterocycles. The minimum Gasteiger partial charge on any atom is -0.497 e. The fourth-order valence-electron chi connectivity index (χ4n) is 2.97. The number of benzene rings is 2. The van der Waals surface area contributed by atoms with E-state index in [1.807, 2.05) is 24.3 Å². The second kappa shape index (κ2) is 9.10. The number of ether oxygens (including phenoxy) is 1. The van der Waals surface area contributed by atoms with E-state index in [0.29, 0.717) is 29.5 Å². The van der Waals surface area contributed by atoms with Crippen molar-refractivity contribution in [3.8, 4) is 5.75 Å². The molecule has 6 nitrogen and oxygen atoms in total. The van der Waals surface area contributed by atoms with E-state index in [1.54, 1.807) is 31.2 Å². The normalized spacial score (nSPS) is 12.5. The lowest BCUT2D eigenvalue weighted by Crippen LogP contribution is -2.46. The molecule has 2 aromatic carbocycles. The van der Waals surface area contributed by atoms with Crippen molar-refractivity contribution >= 4 is 27.3 Å². The molecule has 1 amide bonds. The van der Waals surface area contributed by atoms with E-state index in [0.717, 1.165) is 10.6 Å². The molecule has 0 aliphatic carbocycles. The van der Waals surface area contributed by atoms with Gasteiger partial charge in [0.15, 0.2) is 0 Å². The molecule has 2 rings (SSSR count). The number of sulfonamides is 1. The highest BCUT2D eigenvalue weighted by molar-refractivity contribution is 7.92. The maximum absolute atomic E-state index is 12.9. The van der Waals surface area contributed by atoms with Gasteiger partial charge in [-0.15, -0.1) is 0 Å². The van der Waals surface area contributed by atoms with Crippen LogP contribution in [0, 0.1) is 0 Å². The van der Waals surface area contributed by atoms with Gasteiger partial charge in [0, 0.05) is 5.69 Å². The van der Waals surface area contributed by atoms with Crippen LogP contribution in [0.2, 0.25) is 0 Å². The third-order valence-corrected chi connectivity index (χ3v) is 5.68. The van der Waals surface area contributed by atoms with Gasteiger partial charge in [-0.3, -0.25) is 9.10 Å². The molecule has 0 saturated heterocycles. The number of carbonyl (C=O) groups is 1. The number of nitrogens with one attached hydrogen (secondary N) is 1. The monoisotopic (exact) mass is 404 g/mol. The Hall–Kier alpha value is -2.54. The van der Waals surface area contributed by atoms with Crippen LogP contribution in [-0.4, -0.2) is 33.7 Å². The van der Waals surface area contributed by atoms with Crippen LogP contribution in [0.25, 0.3) is 0 Å². The number of amides is 1. The Bertz CT molecular complexity index is 891. The Morgan fingerprint density at radius 3 is 2.07 bits per heavy atom. The highest BCUT2D eigenvalue weighted by atomic mass is 32.2. The summed E-state index contributed by atoms with van der Waals surface area (Å²) in [5.74, 6) is 0.630. The summed E-state index contributed by atoms with van der Waals surface area (Å²) in [6.45, 7) is 5.98. The Morgan fingerprint density at radius 1 is 1.07 bits per heavy atom. The van der Waals surface area contributed by atoms with E-state index < -0.39 is 16.1 Å². The third-order valence-electron chi connectivity index (χ3n) is 4.50. The van der Waals surface area contributed by atoms with Crippen LogP contribution in [0.4, 0.5) is 11.4 Å². The van der Waals surface area contributed by atoms with Crippen molar-refractivity contribution in [3.05, 3.63) is 54.1 Å². The van der Waals surface area contributed by atoms with Gasteiger partial charge in [-0.05, 0) is 54.3 Å². The van der Waals surface area contributed by atoms with Crippen LogP contribution < -0.4 is 14.4 Å². The maximum Gasteiger partial charge on any atom is 0.248 e. The smallest absolute Gasteiger partial charge is 0.248 e. The summed E-state index contributed by atoms with van der Waals surface area (Å²) in [7, 11) is -2.13. The Labute approximate surface area is 167 Å². The predicted molar refractivity (Wildman–Crippen MR) is 114 cm³/mol. The lowest BCUT2D eigenvalue weighted by Gasteiger charge is -2.30. The van der Waals surface area contributed by atoms with E-state index in [-0.39, 0.29) is 5.91 Å². The zero-order chi connectivity index (χ0) is 20.9. The number of carbonyl (C=O) groups excluding carboxylic acids is 1. The minimum absolute atomic E-state index is 0.328. The van der Waals surface area contributed by atoms with Crippen molar-refractivity contribution in [3.63, 3.8) is 0 Å². The number of nitrogens with zero attached hydrogens (tertiary/aromatic N) is 1. The molecule has 28 heavy (non-hydrogen) atoms. The molecule has 0 heterocycles. The first-order valence-electron chi connectivity index (χ1n) is 9.21. The van der Waals surface area contributed by atoms with Crippen molar-refractivity contribution in [2.24, 2.45) is 0 Å². The molecule has 7 heteroatoms. The summed E-state index contributed by atoms with van der Waals surface area (Å²) in [6.07, 6.45) is 1.43. The second-order valence-corrected chi connectivity index (χ2v) is 8.81. The highest BCUT2D eigenvalue weighted by Gasteiger charge is 2.31. The van der Waals surface area contributed by atoms with E-state index in [1.165, 1.54) is 12.7 Å². The summed E-state index contributed by atoms with van der Waals surface area (Å²) in [5.41, 5.74) is 2.22. The number of hydrogen-bond acceptors (Lipinski definition) is 4. The fourth-order valence-corrected chi connectivity index (χ4v) is 4.18. The van der Waals surface area contributed by atoms with Crippen molar-refractivity contribution in [1.29, 1.82) is 0 Å². The van der Waals surface area contributed by atoms with Gasteiger partial charge in [0.05, 0.1) is 19.1 Å². The van der Waals surface area contributed by atoms with Crippen molar-refractivity contribution < 1.29 is 17.9 Å². The average molecular weight is 405 g/mol. The first-order chi connectivity index (χ1) is 13.2. The predicted octanol–water partition coefficient (Wildman–Crippen LogP) is 4.00. The average Bonchev–Trinajstić information content (AvgIpc) is 2.65.